The van der Waals surface area contributed by atoms with Crippen molar-refractivity contribution in [3.05, 3.63) is 35.4 Å². The third-order valence-corrected chi connectivity index (χ3v) is 6.25. The molecule has 1 aromatic rings. The zero-order valence-corrected chi connectivity index (χ0v) is 16.9. The fourth-order valence-corrected chi connectivity index (χ4v) is 4.66. The maximum Gasteiger partial charge on any atom is 0.252 e. The number of amides is 3. The van der Waals surface area contributed by atoms with E-state index in [0.29, 0.717) is 25.1 Å². The lowest BCUT2D eigenvalue weighted by Gasteiger charge is -2.40. The molecular weight excluding hydrogens is 354 g/mol. The molecule has 0 radical (unpaired) electrons. The second kappa shape index (κ2) is 6.61. The van der Waals surface area contributed by atoms with E-state index in [9.17, 15) is 14.4 Å². The summed E-state index contributed by atoms with van der Waals surface area (Å²) in [5, 5.41) is 6.19. The number of benzene rings is 1. The predicted octanol–water partition coefficient (Wildman–Crippen LogP) is 1.88. The molecule has 4 rings (SSSR count). The van der Waals surface area contributed by atoms with Crippen molar-refractivity contribution in [3.63, 3.8) is 0 Å². The third-order valence-electron chi connectivity index (χ3n) is 6.25. The van der Waals surface area contributed by atoms with Gasteiger partial charge < -0.3 is 15.5 Å². The largest absolute Gasteiger partial charge is 0.351 e. The quantitative estimate of drug-likeness (QED) is 0.819. The Kier molecular flexibility index (Phi) is 4.47. The number of nitrogens with one attached hydrogen (secondary N) is 2. The zero-order valence-electron chi connectivity index (χ0n) is 16.9. The minimum Gasteiger partial charge on any atom is -0.351 e. The van der Waals surface area contributed by atoms with Gasteiger partial charge in [-0.05, 0) is 51.7 Å². The van der Waals surface area contributed by atoms with Crippen LogP contribution in [0.15, 0.2) is 24.3 Å². The van der Waals surface area contributed by atoms with Gasteiger partial charge in [-0.1, -0.05) is 24.6 Å². The Morgan fingerprint density at radius 3 is 2.57 bits per heavy atom. The molecule has 1 spiro atoms. The minimum absolute atomic E-state index is 0.0769. The van der Waals surface area contributed by atoms with E-state index in [4.69, 9.17) is 0 Å². The van der Waals surface area contributed by atoms with Gasteiger partial charge in [0, 0.05) is 30.1 Å². The molecule has 1 aromatic carbocycles. The maximum atomic E-state index is 13.2. The van der Waals surface area contributed by atoms with E-state index in [1.54, 1.807) is 0 Å². The summed E-state index contributed by atoms with van der Waals surface area (Å²) in [6.45, 7) is 6.58. The average molecular weight is 383 g/mol. The molecule has 150 valence electrons. The van der Waals surface area contributed by atoms with Gasteiger partial charge in [-0.15, -0.1) is 0 Å². The van der Waals surface area contributed by atoms with Crippen LogP contribution >= 0.6 is 0 Å². The van der Waals surface area contributed by atoms with E-state index in [2.05, 4.69) is 10.6 Å². The second-order valence-corrected chi connectivity index (χ2v) is 9.58. The van der Waals surface area contributed by atoms with E-state index in [-0.39, 0.29) is 29.2 Å². The van der Waals surface area contributed by atoms with Gasteiger partial charge >= 0.3 is 0 Å². The highest BCUT2D eigenvalue weighted by atomic mass is 16.2. The van der Waals surface area contributed by atoms with E-state index >= 15 is 0 Å². The van der Waals surface area contributed by atoms with E-state index in [1.165, 1.54) is 0 Å². The molecule has 1 saturated heterocycles. The molecule has 2 heterocycles. The van der Waals surface area contributed by atoms with Crippen LogP contribution in [-0.2, 0) is 16.0 Å². The Bertz CT molecular complexity index is 825. The first-order chi connectivity index (χ1) is 13.2. The Hall–Kier alpha value is -2.37. The normalized spacial score (nSPS) is 27.2. The second-order valence-electron chi connectivity index (χ2n) is 9.58. The number of fused-ring (bicyclic) bond motifs is 1. The fraction of sp³-hybridized carbons (Fsp3) is 0.591. The van der Waals surface area contributed by atoms with Crippen molar-refractivity contribution in [3.8, 4) is 0 Å². The van der Waals surface area contributed by atoms with Crippen LogP contribution < -0.4 is 10.6 Å². The van der Waals surface area contributed by atoms with Crippen LogP contribution in [0.3, 0.4) is 0 Å². The summed E-state index contributed by atoms with van der Waals surface area (Å²) in [6.07, 6.45) is 3.51. The molecule has 1 aliphatic carbocycles. The van der Waals surface area contributed by atoms with Gasteiger partial charge in [0.05, 0.1) is 11.5 Å². The molecule has 1 saturated carbocycles. The number of carbonyl (C=O) groups is 3. The van der Waals surface area contributed by atoms with Crippen molar-refractivity contribution in [2.45, 2.75) is 57.5 Å². The number of hydrogen-bond acceptors (Lipinski definition) is 3. The Balaban J connectivity index is 1.66. The fourth-order valence-electron chi connectivity index (χ4n) is 4.66. The molecule has 0 unspecified atom stereocenters. The molecule has 3 amide bonds. The molecule has 2 atom stereocenters. The summed E-state index contributed by atoms with van der Waals surface area (Å²) in [5.74, 6) is -0.518. The lowest BCUT2D eigenvalue weighted by Crippen LogP contribution is -2.62. The highest BCUT2D eigenvalue weighted by Gasteiger charge is 2.55. The first-order valence-electron chi connectivity index (χ1n) is 10.2. The van der Waals surface area contributed by atoms with Crippen LogP contribution in [0.2, 0.25) is 0 Å². The van der Waals surface area contributed by atoms with E-state index < -0.39 is 11.5 Å². The molecular formula is C22H29N3O3. The molecule has 6 nitrogen and oxygen atoms in total. The SMILES string of the molecule is CC(C)(C)NC(=O)[C@@H]1CN(C(=O)C2CCC2)C[C@]12Cc1ccccc1C(=O)N2. The maximum absolute atomic E-state index is 13.2. The highest BCUT2D eigenvalue weighted by molar-refractivity contribution is 5.98. The van der Waals surface area contributed by atoms with Crippen molar-refractivity contribution < 1.29 is 14.4 Å². The van der Waals surface area contributed by atoms with Crippen molar-refractivity contribution in [1.29, 1.82) is 0 Å². The van der Waals surface area contributed by atoms with Crippen molar-refractivity contribution in [2.24, 2.45) is 11.8 Å². The number of nitrogens with zero attached hydrogens (tertiary/aromatic N) is 1. The standard InChI is InChI=1S/C22H29N3O3/c1-21(2,3)23-19(27)17-12-25(20(28)14-8-6-9-14)13-22(17)11-15-7-4-5-10-16(15)18(26)24-22/h4-5,7,10,14,17H,6,8-9,11-13H2,1-3H3,(H,23,27)(H,24,26)/t17-,22+/m0/s1. The van der Waals surface area contributed by atoms with Crippen LogP contribution in [0.25, 0.3) is 0 Å². The molecule has 28 heavy (non-hydrogen) atoms. The van der Waals surface area contributed by atoms with Crippen LogP contribution in [0, 0.1) is 11.8 Å². The van der Waals surface area contributed by atoms with E-state index in [0.717, 1.165) is 24.8 Å². The topological polar surface area (TPSA) is 78.5 Å². The predicted molar refractivity (Wildman–Crippen MR) is 106 cm³/mol. The highest BCUT2D eigenvalue weighted by Crippen LogP contribution is 2.38. The summed E-state index contributed by atoms with van der Waals surface area (Å²) in [4.78, 5) is 40.7. The molecule has 2 aliphatic heterocycles. The monoisotopic (exact) mass is 383 g/mol. The summed E-state index contributed by atoms with van der Waals surface area (Å²) >= 11 is 0. The van der Waals surface area contributed by atoms with Crippen LogP contribution in [0.5, 0.6) is 0 Å². The third kappa shape index (κ3) is 3.29. The number of likely N-dealkylation sites (tertiary alicyclic amines) is 1. The van der Waals surface area contributed by atoms with Crippen LogP contribution in [0.1, 0.15) is 56.0 Å². The summed E-state index contributed by atoms with van der Waals surface area (Å²) in [5.41, 5.74) is 0.477. The van der Waals surface area contributed by atoms with Gasteiger partial charge in [0.2, 0.25) is 11.8 Å². The Labute approximate surface area is 166 Å². The number of rotatable bonds is 2. The van der Waals surface area contributed by atoms with Gasteiger partial charge in [-0.25, -0.2) is 0 Å². The summed E-state index contributed by atoms with van der Waals surface area (Å²) in [7, 11) is 0. The molecule has 2 fully saturated rings. The Morgan fingerprint density at radius 2 is 1.93 bits per heavy atom. The Morgan fingerprint density at radius 1 is 1.21 bits per heavy atom. The van der Waals surface area contributed by atoms with E-state index in [1.807, 2.05) is 49.9 Å². The summed E-state index contributed by atoms with van der Waals surface area (Å²) < 4.78 is 0. The zero-order chi connectivity index (χ0) is 20.1. The summed E-state index contributed by atoms with van der Waals surface area (Å²) in [6, 6.07) is 7.53. The van der Waals surface area contributed by atoms with Gasteiger partial charge in [0.15, 0.2) is 0 Å². The van der Waals surface area contributed by atoms with Gasteiger partial charge in [-0.2, -0.15) is 0 Å². The van der Waals surface area contributed by atoms with Crippen molar-refractivity contribution >= 4 is 17.7 Å². The molecule has 2 N–H and O–H groups in total. The lowest BCUT2D eigenvalue weighted by atomic mass is 9.76. The van der Waals surface area contributed by atoms with Gasteiger partial charge in [0.1, 0.15) is 0 Å². The number of hydrogen-bond donors (Lipinski definition) is 2. The van der Waals surface area contributed by atoms with Crippen LogP contribution in [-0.4, -0.2) is 46.8 Å². The molecule has 3 aliphatic rings. The molecule has 0 bridgehead atoms. The van der Waals surface area contributed by atoms with Crippen molar-refractivity contribution in [1.82, 2.24) is 15.5 Å². The molecule has 0 aromatic heterocycles. The smallest absolute Gasteiger partial charge is 0.252 e. The van der Waals surface area contributed by atoms with Crippen molar-refractivity contribution in [2.75, 3.05) is 13.1 Å². The van der Waals surface area contributed by atoms with Gasteiger partial charge in [-0.3, -0.25) is 14.4 Å². The van der Waals surface area contributed by atoms with Gasteiger partial charge in [0.25, 0.3) is 5.91 Å². The first-order valence-corrected chi connectivity index (χ1v) is 10.2. The first kappa shape index (κ1) is 19.0. The van der Waals surface area contributed by atoms with Crippen LogP contribution in [0.4, 0.5) is 0 Å². The average Bonchev–Trinajstić information content (AvgIpc) is 2.90. The lowest BCUT2D eigenvalue weighted by molar-refractivity contribution is -0.137. The number of carbonyl (C=O) groups excluding carboxylic acids is 3. The minimum atomic E-state index is -0.750. The molecule has 6 heteroatoms.